The molecule has 4 rings (SSSR count). The average Bonchev–Trinajstić information content (AvgIpc) is 3.22. The molecule has 0 saturated heterocycles. The number of esters is 1. The number of hydrogen-bond donors (Lipinski definition) is 1. The predicted molar refractivity (Wildman–Crippen MR) is 161 cm³/mol. The van der Waals surface area contributed by atoms with E-state index in [4.69, 9.17) is 9.47 Å². The Bertz CT molecular complexity index is 1740. The second-order valence-corrected chi connectivity index (χ2v) is 13.5. The third-order valence-corrected chi connectivity index (χ3v) is 8.93. The van der Waals surface area contributed by atoms with Crippen LogP contribution in [0.25, 0.3) is 11.3 Å². The van der Waals surface area contributed by atoms with E-state index in [1.165, 1.54) is 37.6 Å². The van der Waals surface area contributed by atoms with E-state index in [1.54, 1.807) is 6.92 Å². The highest BCUT2D eigenvalue weighted by Crippen LogP contribution is 2.44. The normalized spacial score (nSPS) is 17.4. The van der Waals surface area contributed by atoms with Gasteiger partial charge in [-0.1, -0.05) is 45.0 Å². The summed E-state index contributed by atoms with van der Waals surface area (Å²) in [6, 6.07) is 7.94. The Kier molecular flexibility index (Phi) is 10.0. The van der Waals surface area contributed by atoms with Crippen LogP contribution in [0.4, 0.5) is 19.1 Å². The molecule has 1 N–H and O–H groups in total. The van der Waals surface area contributed by atoms with E-state index in [1.807, 2.05) is 20.8 Å². The Labute approximate surface area is 259 Å². The van der Waals surface area contributed by atoms with Crippen LogP contribution in [0.3, 0.4) is 0 Å². The van der Waals surface area contributed by atoms with Crippen LogP contribution in [0.5, 0.6) is 0 Å². The van der Waals surface area contributed by atoms with Gasteiger partial charge in [-0.2, -0.15) is 0 Å². The summed E-state index contributed by atoms with van der Waals surface area (Å²) in [5.74, 6) is -5.60. The van der Waals surface area contributed by atoms with Crippen LogP contribution in [0, 0.1) is 29.3 Å². The topological polar surface area (TPSA) is 125 Å². The van der Waals surface area contributed by atoms with E-state index in [0.717, 1.165) is 18.2 Å². The number of carbonyl (C=O) groups is 2. The number of anilines is 1. The summed E-state index contributed by atoms with van der Waals surface area (Å²) in [5, 5.41) is 3.03. The Balaban J connectivity index is 1.77. The van der Waals surface area contributed by atoms with Crippen molar-refractivity contribution in [1.29, 1.82) is 0 Å². The molecule has 0 saturated carbocycles. The summed E-state index contributed by atoms with van der Waals surface area (Å²) in [6.07, 6.45) is 1.87. The van der Waals surface area contributed by atoms with Crippen molar-refractivity contribution in [3.8, 4) is 0 Å². The highest BCUT2D eigenvalue weighted by atomic mass is 32.2. The van der Waals surface area contributed by atoms with E-state index < -0.39 is 54.9 Å². The van der Waals surface area contributed by atoms with Crippen molar-refractivity contribution >= 4 is 38.9 Å². The van der Waals surface area contributed by atoms with Gasteiger partial charge in [0.25, 0.3) is 0 Å². The number of ketones is 1. The molecule has 1 unspecified atom stereocenters. The number of rotatable bonds is 12. The number of aromatic nitrogens is 2. The Morgan fingerprint density at radius 3 is 2.38 bits per heavy atom. The maximum atomic E-state index is 16.2. The number of carbonyl (C=O) groups excluding carboxylic acids is 2. The Morgan fingerprint density at radius 1 is 1.07 bits per heavy atom. The van der Waals surface area contributed by atoms with Crippen LogP contribution < -0.4 is 5.32 Å². The van der Waals surface area contributed by atoms with Gasteiger partial charge in [-0.05, 0) is 43.4 Å². The number of halogens is 3. The lowest BCUT2D eigenvalue weighted by atomic mass is 9.85. The first-order valence-electron chi connectivity index (χ1n) is 14.2. The smallest absolute Gasteiger partial charge is 0.305 e. The van der Waals surface area contributed by atoms with Gasteiger partial charge < -0.3 is 14.8 Å². The number of hydrogen-bond acceptors (Lipinski definition) is 9. The summed E-state index contributed by atoms with van der Waals surface area (Å²) in [5.41, 5.74) is -2.02. The van der Waals surface area contributed by atoms with Gasteiger partial charge in [0.05, 0.1) is 18.4 Å². The van der Waals surface area contributed by atoms with Gasteiger partial charge in [0.2, 0.25) is 11.7 Å². The van der Waals surface area contributed by atoms with E-state index in [-0.39, 0.29) is 59.2 Å². The van der Waals surface area contributed by atoms with Crippen molar-refractivity contribution < 1.29 is 40.7 Å². The SMILES string of the molecule is COC(=O)C[C@@H](C)CNc1nccc(C2=C(c3cccc(CS(=O)(=O)c4c(F)cccc4F)c3F)C(=O)C(C)(CC(C)C)O2)n1. The van der Waals surface area contributed by atoms with Gasteiger partial charge in [0.1, 0.15) is 28.0 Å². The maximum absolute atomic E-state index is 16.2. The van der Waals surface area contributed by atoms with Crippen molar-refractivity contribution in [3.05, 3.63) is 82.9 Å². The molecule has 1 aromatic heterocycles. The number of nitrogens with zero attached hydrogens (tertiary/aromatic N) is 2. The van der Waals surface area contributed by atoms with Crippen molar-refractivity contribution in [1.82, 2.24) is 9.97 Å². The third kappa shape index (κ3) is 7.35. The lowest BCUT2D eigenvalue weighted by molar-refractivity contribution is -0.141. The summed E-state index contributed by atoms with van der Waals surface area (Å²) in [7, 11) is -3.36. The molecule has 0 spiro atoms. The molecule has 0 fully saturated rings. The molecule has 3 aromatic rings. The number of benzene rings is 2. The predicted octanol–water partition coefficient (Wildman–Crippen LogP) is 5.75. The standard InChI is InChI=1S/C32H34F3N3O6S/c1-18(2)15-32(4)30(40)26(28(44-32)24-12-13-36-31(38-24)37-16-19(3)14-25(39)43-5)21-9-6-8-20(27(21)35)17-45(41,42)29-22(33)10-7-11-23(29)34/h6-13,18-19H,14-17H2,1-5H3,(H,36,37,38)/t19-,32?/m1/s1. The van der Waals surface area contributed by atoms with Crippen molar-refractivity contribution in [2.24, 2.45) is 11.8 Å². The van der Waals surface area contributed by atoms with Crippen LogP contribution in [0.2, 0.25) is 0 Å². The van der Waals surface area contributed by atoms with Gasteiger partial charge in [-0.15, -0.1) is 0 Å². The molecule has 0 radical (unpaired) electrons. The van der Waals surface area contributed by atoms with Crippen molar-refractivity contribution in [2.45, 2.75) is 56.8 Å². The molecule has 240 valence electrons. The number of Topliss-reactive ketones (excluding diaryl/α,β-unsaturated/α-hetero) is 1. The second kappa shape index (κ2) is 13.4. The molecule has 2 atom stereocenters. The maximum Gasteiger partial charge on any atom is 0.305 e. The number of sulfone groups is 1. The van der Waals surface area contributed by atoms with Crippen LogP contribution in [-0.2, 0) is 34.7 Å². The fraction of sp³-hybridized carbons (Fsp3) is 0.375. The lowest BCUT2D eigenvalue weighted by Crippen LogP contribution is -2.35. The van der Waals surface area contributed by atoms with Gasteiger partial charge in [-0.3, -0.25) is 9.59 Å². The zero-order chi connectivity index (χ0) is 33.1. The van der Waals surface area contributed by atoms with E-state index in [9.17, 15) is 26.8 Å². The fourth-order valence-electron chi connectivity index (χ4n) is 5.25. The van der Waals surface area contributed by atoms with Crippen LogP contribution in [0.15, 0.2) is 53.6 Å². The zero-order valence-corrected chi connectivity index (χ0v) is 26.3. The number of ether oxygens (including phenoxy) is 2. The molecule has 1 aliphatic heterocycles. The Hall–Kier alpha value is -4.26. The summed E-state index contributed by atoms with van der Waals surface area (Å²) >= 11 is 0. The molecular formula is C32H34F3N3O6S. The van der Waals surface area contributed by atoms with Crippen LogP contribution in [-0.4, -0.2) is 49.4 Å². The summed E-state index contributed by atoms with van der Waals surface area (Å²) in [4.78, 5) is 33.1. The van der Waals surface area contributed by atoms with Gasteiger partial charge in [-0.25, -0.2) is 31.6 Å². The number of methoxy groups -OCH3 is 1. The van der Waals surface area contributed by atoms with Crippen molar-refractivity contribution in [3.63, 3.8) is 0 Å². The quantitative estimate of drug-likeness (QED) is 0.245. The minimum Gasteiger partial charge on any atom is -0.476 e. The molecule has 0 amide bonds. The minimum atomic E-state index is -4.66. The highest BCUT2D eigenvalue weighted by Gasteiger charge is 2.48. The van der Waals surface area contributed by atoms with E-state index in [0.29, 0.717) is 6.54 Å². The molecule has 0 bridgehead atoms. The van der Waals surface area contributed by atoms with E-state index >= 15 is 4.39 Å². The third-order valence-electron chi connectivity index (χ3n) is 7.22. The minimum absolute atomic E-state index is 0.00969. The van der Waals surface area contributed by atoms with Gasteiger partial charge in [0.15, 0.2) is 21.2 Å². The molecular weight excluding hydrogens is 611 g/mol. The first kappa shape index (κ1) is 33.6. The molecule has 9 nitrogen and oxygen atoms in total. The largest absolute Gasteiger partial charge is 0.476 e. The first-order valence-corrected chi connectivity index (χ1v) is 15.9. The number of nitrogens with one attached hydrogen (secondary N) is 1. The second-order valence-electron chi connectivity index (χ2n) is 11.6. The molecule has 13 heteroatoms. The van der Waals surface area contributed by atoms with Crippen LogP contribution >= 0.6 is 0 Å². The van der Waals surface area contributed by atoms with Crippen molar-refractivity contribution in [2.75, 3.05) is 19.0 Å². The average molecular weight is 646 g/mol. The fourth-order valence-corrected chi connectivity index (χ4v) is 6.75. The molecule has 2 aromatic carbocycles. The molecule has 0 aliphatic carbocycles. The molecule has 45 heavy (non-hydrogen) atoms. The first-order chi connectivity index (χ1) is 21.2. The monoisotopic (exact) mass is 645 g/mol. The van der Waals surface area contributed by atoms with Gasteiger partial charge >= 0.3 is 5.97 Å². The Morgan fingerprint density at radius 2 is 1.73 bits per heavy atom. The highest BCUT2D eigenvalue weighted by molar-refractivity contribution is 7.90. The van der Waals surface area contributed by atoms with E-state index in [2.05, 4.69) is 15.3 Å². The zero-order valence-electron chi connectivity index (χ0n) is 25.5. The molecule has 2 heterocycles. The van der Waals surface area contributed by atoms with Gasteiger partial charge in [0, 0.05) is 30.3 Å². The molecule has 1 aliphatic rings. The summed E-state index contributed by atoms with van der Waals surface area (Å²) < 4.78 is 81.9. The summed E-state index contributed by atoms with van der Waals surface area (Å²) in [6.45, 7) is 7.54. The van der Waals surface area contributed by atoms with Crippen LogP contribution in [0.1, 0.15) is 57.4 Å². The lowest BCUT2D eigenvalue weighted by Gasteiger charge is -2.25.